The lowest BCUT2D eigenvalue weighted by atomic mass is 10.2. The van der Waals surface area contributed by atoms with Gasteiger partial charge in [0.15, 0.2) is 0 Å². The van der Waals surface area contributed by atoms with Crippen LogP contribution in [0.25, 0.3) is 16.6 Å². The number of nitrogens with zero attached hydrogens (tertiary/aromatic N) is 4. The molecule has 0 bridgehead atoms. The number of hydrogen-bond acceptors (Lipinski definition) is 5. The monoisotopic (exact) mass is 330 g/mol. The van der Waals surface area contributed by atoms with Crippen LogP contribution in [0, 0.1) is 0 Å². The van der Waals surface area contributed by atoms with Gasteiger partial charge >= 0.3 is 0 Å². The Kier molecular flexibility index (Phi) is 4.55. The van der Waals surface area contributed by atoms with Crippen molar-refractivity contribution in [2.75, 3.05) is 14.2 Å². The van der Waals surface area contributed by atoms with E-state index in [1.807, 2.05) is 28.9 Å². The summed E-state index contributed by atoms with van der Waals surface area (Å²) in [4.78, 5) is 9.10. The van der Waals surface area contributed by atoms with Crippen molar-refractivity contribution < 1.29 is 9.57 Å². The fourth-order valence-electron chi connectivity index (χ4n) is 2.38. The molecule has 0 atom stereocenters. The molecule has 6 nitrogen and oxygen atoms in total. The van der Waals surface area contributed by atoms with Gasteiger partial charge < -0.3 is 9.57 Å². The standard InChI is InChI=1S/C16H15ClN4O2/c1-22-10-16-11(9-20-23-2)8-19-21(16)15-5-6-18-14-7-12(17)3-4-13(14)15/h3-9H,10H2,1-2H3. The second-order valence-corrected chi connectivity index (χ2v) is 5.24. The molecule has 0 aliphatic heterocycles. The van der Waals surface area contributed by atoms with Crippen molar-refractivity contribution in [1.82, 2.24) is 14.8 Å². The van der Waals surface area contributed by atoms with Crippen LogP contribution in [0.4, 0.5) is 0 Å². The van der Waals surface area contributed by atoms with Gasteiger partial charge in [-0.1, -0.05) is 16.8 Å². The molecule has 118 valence electrons. The van der Waals surface area contributed by atoms with Gasteiger partial charge in [0.25, 0.3) is 0 Å². The molecule has 3 rings (SSSR count). The zero-order valence-corrected chi connectivity index (χ0v) is 13.5. The predicted molar refractivity (Wildman–Crippen MR) is 89.2 cm³/mol. The van der Waals surface area contributed by atoms with Crippen molar-refractivity contribution in [2.45, 2.75) is 6.61 Å². The van der Waals surface area contributed by atoms with Gasteiger partial charge in [0.05, 0.1) is 35.9 Å². The van der Waals surface area contributed by atoms with Crippen LogP contribution in [0.15, 0.2) is 41.8 Å². The Morgan fingerprint density at radius 2 is 2.17 bits per heavy atom. The van der Waals surface area contributed by atoms with Crippen molar-refractivity contribution in [1.29, 1.82) is 0 Å². The summed E-state index contributed by atoms with van der Waals surface area (Å²) in [6, 6.07) is 7.50. The topological polar surface area (TPSA) is 61.5 Å². The Morgan fingerprint density at radius 3 is 2.96 bits per heavy atom. The van der Waals surface area contributed by atoms with Gasteiger partial charge in [-0.15, -0.1) is 0 Å². The van der Waals surface area contributed by atoms with Crippen LogP contribution in [-0.2, 0) is 16.2 Å². The summed E-state index contributed by atoms with van der Waals surface area (Å²) < 4.78 is 7.12. The SMILES string of the molecule is COCc1c(C=NOC)cnn1-c1ccnc2cc(Cl)ccc12. The summed E-state index contributed by atoms with van der Waals surface area (Å²) in [6.45, 7) is 0.391. The van der Waals surface area contributed by atoms with Crippen LogP contribution in [0.5, 0.6) is 0 Å². The van der Waals surface area contributed by atoms with E-state index in [2.05, 4.69) is 15.2 Å². The molecule has 0 aliphatic carbocycles. The molecule has 0 amide bonds. The van der Waals surface area contributed by atoms with Gasteiger partial charge in [-0.25, -0.2) is 4.68 Å². The highest BCUT2D eigenvalue weighted by Crippen LogP contribution is 2.25. The quantitative estimate of drug-likeness (QED) is 0.532. The molecule has 1 aromatic carbocycles. The molecule has 0 spiro atoms. The third kappa shape index (κ3) is 3.04. The van der Waals surface area contributed by atoms with Crippen molar-refractivity contribution in [2.24, 2.45) is 5.16 Å². The molecular weight excluding hydrogens is 316 g/mol. The van der Waals surface area contributed by atoms with Crippen LogP contribution >= 0.6 is 11.6 Å². The average molecular weight is 331 g/mol. The van der Waals surface area contributed by atoms with Crippen molar-refractivity contribution in [3.63, 3.8) is 0 Å². The second-order valence-electron chi connectivity index (χ2n) is 4.80. The van der Waals surface area contributed by atoms with Gasteiger partial charge in [0, 0.05) is 29.3 Å². The van der Waals surface area contributed by atoms with Gasteiger partial charge in [-0.2, -0.15) is 5.10 Å². The molecular formula is C16H15ClN4O2. The maximum absolute atomic E-state index is 6.05. The lowest BCUT2D eigenvalue weighted by Crippen LogP contribution is -2.06. The normalized spacial score (nSPS) is 11.4. The van der Waals surface area contributed by atoms with E-state index in [1.165, 1.54) is 7.11 Å². The van der Waals surface area contributed by atoms with Crippen molar-refractivity contribution in [3.8, 4) is 5.69 Å². The largest absolute Gasteiger partial charge is 0.399 e. The highest BCUT2D eigenvalue weighted by atomic mass is 35.5. The second kappa shape index (κ2) is 6.76. The zero-order chi connectivity index (χ0) is 16.2. The molecule has 0 saturated heterocycles. The summed E-state index contributed by atoms with van der Waals surface area (Å²) in [5.41, 5.74) is 3.40. The minimum atomic E-state index is 0.391. The number of benzene rings is 1. The number of fused-ring (bicyclic) bond motifs is 1. The number of hydrogen-bond donors (Lipinski definition) is 0. The zero-order valence-electron chi connectivity index (χ0n) is 12.7. The summed E-state index contributed by atoms with van der Waals surface area (Å²) in [5, 5.41) is 9.86. The first-order valence-electron chi connectivity index (χ1n) is 6.91. The fraction of sp³-hybridized carbons (Fsp3) is 0.188. The van der Waals surface area contributed by atoms with Gasteiger partial charge in [0.1, 0.15) is 7.11 Å². The van der Waals surface area contributed by atoms with E-state index in [4.69, 9.17) is 21.2 Å². The van der Waals surface area contributed by atoms with Gasteiger partial charge in [-0.05, 0) is 24.3 Å². The molecule has 2 aromatic heterocycles. The number of methoxy groups -OCH3 is 1. The molecule has 7 heteroatoms. The lowest BCUT2D eigenvalue weighted by Gasteiger charge is -2.10. The minimum absolute atomic E-state index is 0.391. The first kappa shape index (κ1) is 15.5. The van der Waals surface area contributed by atoms with E-state index in [-0.39, 0.29) is 0 Å². The summed E-state index contributed by atoms with van der Waals surface area (Å²) in [7, 11) is 3.13. The summed E-state index contributed by atoms with van der Waals surface area (Å²) in [6.07, 6.45) is 5.06. The molecule has 0 unspecified atom stereocenters. The molecule has 3 aromatic rings. The molecule has 0 radical (unpaired) electrons. The smallest absolute Gasteiger partial charge is 0.106 e. The van der Waals surface area contributed by atoms with Crippen LogP contribution in [0.2, 0.25) is 5.02 Å². The number of pyridine rings is 1. The van der Waals surface area contributed by atoms with E-state index < -0.39 is 0 Å². The molecule has 2 heterocycles. The Hall–Kier alpha value is -2.44. The average Bonchev–Trinajstić information content (AvgIpc) is 2.95. The highest BCUT2D eigenvalue weighted by molar-refractivity contribution is 6.31. The van der Waals surface area contributed by atoms with E-state index in [0.717, 1.165) is 27.8 Å². The first-order chi connectivity index (χ1) is 11.2. The lowest BCUT2D eigenvalue weighted by molar-refractivity contribution is 0.179. The third-order valence-corrected chi connectivity index (χ3v) is 3.62. The predicted octanol–water partition coefficient (Wildman–Crippen LogP) is 3.20. The van der Waals surface area contributed by atoms with Crippen LogP contribution in [-0.4, -0.2) is 35.2 Å². The molecule has 23 heavy (non-hydrogen) atoms. The Bertz CT molecular complexity index is 860. The maximum atomic E-state index is 6.05. The van der Waals surface area contributed by atoms with E-state index in [0.29, 0.717) is 11.6 Å². The molecule has 0 N–H and O–H groups in total. The fourth-order valence-corrected chi connectivity index (χ4v) is 2.55. The van der Waals surface area contributed by atoms with E-state index in [9.17, 15) is 0 Å². The molecule has 0 saturated carbocycles. The summed E-state index contributed by atoms with van der Waals surface area (Å²) >= 11 is 6.05. The molecule has 0 fully saturated rings. The van der Waals surface area contributed by atoms with E-state index >= 15 is 0 Å². The van der Waals surface area contributed by atoms with Gasteiger partial charge in [0.2, 0.25) is 0 Å². The van der Waals surface area contributed by atoms with Crippen LogP contribution < -0.4 is 0 Å². The van der Waals surface area contributed by atoms with E-state index in [1.54, 1.807) is 25.7 Å². The number of aromatic nitrogens is 3. The molecule has 0 aliphatic rings. The number of oxime groups is 1. The third-order valence-electron chi connectivity index (χ3n) is 3.39. The van der Waals surface area contributed by atoms with Crippen molar-refractivity contribution in [3.05, 3.63) is 52.9 Å². The van der Waals surface area contributed by atoms with Gasteiger partial charge in [-0.3, -0.25) is 4.98 Å². The first-order valence-corrected chi connectivity index (χ1v) is 7.29. The van der Waals surface area contributed by atoms with Crippen LogP contribution in [0.3, 0.4) is 0 Å². The number of halogens is 1. The highest BCUT2D eigenvalue weighted by Gasteiger charge is 2.14. The Morgan fingerprint density at radius 1 is 1.30 bits per heavy atom. The van der Waals surface area contributed by atoms with Crippen LogP contribution in [0.1, 0.15) is 11.3 Å². The maximum Gasteiger partial charge on any atom is 0.106 e. The Labute approximate surface area is 138 Å². The van der Waals surface area contributed by atoms with Crippen molar-refractivity contribution >= 4 is 28.7 Å². The summed E-state index contributed by atoms with van der Waals surface area (Å²) in [5.74, 6) is 0. The number of ether oxygens (including phenoxy) is 1. The minimum Gasteiger partial charge on any atom is -0.399 e. The Balaban J connectivity index is 2.18. The number of rotatable bonds is 5.